The van der Waals surface area contributed by atoms with Gasteiger partial charge >= 0.3 is 0 Å². The van der Waals surface area contributed by atoms with Gasteiger partial charge < -0.3 is 5.11 Å². The number of rotatable bonds is 2. The number of hydrogen-bond acceptors (Lipinski definition) is 3. The van der Waals surface area contributed by atoms with Crippen molar-refractivity contribution in [2.45, 2.75) is 18.4 Å². The first kappa shape index (κ1) is 10.2. The van der Waals surface area contributed by atoms with Crippen LogP contribution in [0.15, 0.2) is 23.1 Å². The summed E-state index contributed by atoms with van der Waals surface area (Å²) in [5, 5.41) is 13.8. The van der Waals surface area contributed by atoms with Crippen LogP contribution in [-0.2, 0) is 16.6 Å². The second-order valence-corrected chi connectivity index (χ2v) is 4.42. The van der Waals surface area contributed by atoms with Crippen LogP contribution in [-0.4, -0.2) is 13.5 Å². The van der Waals surface area contributed by atoms with Gasteiger partial charge in [0.05, 0.1) is 11.5 Å². The minimum atomic E-state index is -3.67. The van der Waals surface area contributed by atoms with Crippen LogP contribution in [0.4, 0.5) is 0 Å². The molecular weight excluding hydrogens is 190 g/mol. The molecule has 5 heteroatoms. The fourth-order valence-corrected chi connectivity index (χ4v) is 1.75. The molecule has 1 aromatic rings. The third-order valence-corrected chi connectivity index (χ3v) is 2.51. The highest BCUT2D eigenvalue weighted by atomic mass is 32.2. The molecule has 0 atom stereocenters. The number of aliphatic hydroxyl groups excluding tert-OH is 1. The summed E-state index contributed by atoms with van der Waals surface area (Å²) < 4.78 is 21.9. The van der Waals surface area contributed by atoms with Gasteiger partial charge in [-0.15, -0.1) is 0 Å². The number of primary sulfonamides is 1. The highest BCUT2D eigenvalue weighted by Crippen LogP contribution is 2.13. The topological polar surface area (TPSA) is 80.4 Å². The van der Waals surface area contributed by atoms with E-state index in [1.54, 1.807) is 13.0 Å². The molecule has 0 heterocycles. The summed E-state index contributed by atoms with van der Waals surface area (Å²) in [7, 11) is -3.67. The van der Waals surface area contributed by atoms with Crippen LogP contribution >= 0.6 is 0 Å². The first-order valence-electron chi connectivity index (χ1n) is 3.67. The molecule has 72 valence electrons. The molecule has 4 nitrogen and oxygen atoms in total. The van der Waals surface area contributed by atoms with Crippen LogP contribution in [0.1, 0.15) is 11.1 Å². The van der Waals surface area contributed by atoms with Gasteiger partial charge in [0.15, 0.2) is 0 Å². The van der Waals surface area contributed by atoms with Crippen LogP contribution in [0, 0.1) is 6.92 Å². The van der Waals surface area contributed by atoms with E-state index >= 15 is 0 Å². The third-order valence-electron chi connectivity index (χ3n) is 1.62. The zero-order chi connectivity index (χ0) is 10.1. The van der Waals surface area contributed by atoms with E-state index in [9.17, 15) is 8.42 Å². The molecule has 0 spiro atoms. The predicted octanol–water partition coefficient (Wildman–Crippen LogP) is 0.135. The van der Waals surface area contributed by atoms with Gasteiger partial charge in [0.1, 0.15) is 0 Å². The monoisotopic (exact) mass is 201 g/mol. The van der Waals surface area contributed by atoms with E-state index in [2.05, 4.69) is 0 Å². The molecule has 0 radical (unpaired) electrons. The molecule has 3 N–H and O–H groups in total. The molecule has 0 unspecified atom stereocenters. The zero-order valence-corrected chi connectivity index (χ0v) is 8.00. The number of benzene rings is 1. The number of aryl methyl sites for hydroxylation is 1. The number of nitrogens with two attached hydrogens (primary N) is 1. The van der Waals surface area contributed by atoms with Crippen molar-refractivity contribution in [3.8, 4) is 0 Å². The maximum Gasteiger partial charge on any atom is 0.238 e. The average Bonchev–Trinajstić information content (AvgIpc) is 2.01. The summed E-state index contributed by atoms with van der Waals surface area (Å²) in [6.45, 7) is 1.55. The van der Waals surface area contributed by atoms with Crippen molar-refractivity contribution in [3.63, 3.8) is 0 Å². The Morgan fingerprint density at radius 1 is 1.38 bits per heavy atom. The van der Waals surface area contributed by atoms with Crippen LogP contribution in [0.2, 0.25) is 0 Å². The second-order valence-electron chi connectivity index (χ2n) is 2.86. The average molecular weight is 201 g/mol. The lowest BCUT2D eigenvalue weighted by atomic mass is 10.1. The molecule has 0 aliphatic rings. The van der Waals surface area contributed by atoms with Crippen molar-refractivity contribution in [3.05, 3.63) is 29.3 Å². The van der Waals surface area contributed by atoms with Crippen LogP contribution in [0.25, 0.3) is 0 Å². The van der Waals surface area contributed by atoms with Crippen molar-refractivity contribution in [2.24, 2.45) is 5.14 Å². The molecule has 0 bridgehead atoms. The lowest BCUT2D eigenvalue weighted by Crippen LogP contribution is -2.12. The van der Waals surface area contributed by atoms with E-state index in [0.29, 0.717) is 5.56 Å². The van der Waals surface area contributed by atoms with Crippen LogP contribution in [0.5, 0.6) is 0 Å². The SMILES string of the molecule is Cc1cc(CO)cc(S(N)(=O)=O)c1. The van der Waals surface area contributed by atoms with Gasteiger partial charge in [-0.1, -0.05) is 6.07 Å². The Hall–Kier alpha value is -0.910. The molecule has 0 saturated heterocycles. The van der Waals surface area contributed by atoms with Gasteiger partial charge in [-0.25, -0.2) is 13.6 Å². The van der Waals surface area contributed by atoms with E-state index in [0.717, 1.165) is 5.56 Å². The van der Waals surface area contributed by atoms with Crippen molar-refractivity contribution < 1.29 is 13.5 Å². The van der Waals surface area contributed by atoms with Gasteiger partial charge in [-0.2, -0.15) is 0 Å². The van der Waals surface area contributed by atoms with E-state index in [1.807, 2.05) is 0 Å². The lowest BCUT2D eigenvalue weighted by Gasteiger charge is -2.03. The first-order chi connectivity index (χ1) is 5.93. The predicted molar refractivity (Wildman–Crippen MR) is 48.5 cm³/mol. The summed E-state index contributed by atoms with van der Waals surface area (Å²) >= 11 is 0. The maximum atomic E-state index is 10.9. The van der Waals surface area contributed by atoms with Crippen LogP contribution < -0.4 is 5.14 Å². The first-order valence-corrected chi connectivity index (χ1v) is 5.22. The molecule has 0 aliphatic carbocycles. The zero-order valence-electron chi connectivity index (χ0n) is 7.19. The normalized spacial score (nSPS) is 11.6. The van der Waals surface area contributed by atoms with Gasteiger partial charge in [0, 0.05) is 0 Å². The standard InChI is InChI=1S/C8H11NO3S/c1-6-2-7(5-10)4-8(3-6)13(9,11)12/h2-4,10H,5H2,1H3,(H2,9,11,12). The van der Waals surface area contributed by atoms with Gasteiger partial charge in [0.25, 0.3) is 0 Å². The Balaban J connectivity index is 3.33. The molecule has 1 rings (SSSR count). The highest BCUT2D eigenvalue weighted by Gasteiger charge is 2.08. The van der Waals surface area contributed by atoms with Crippen molar-refractivity contribution in [1.29, 1.82) is 0 Å². The summed E-state index contributed by atoms with van der Waals surface area (Å²) in [6.07, 6.45) is 0. The van der Waals surface area contributed by atoms with E-state index in [-0.39, 0.29) is 11.5 Å². The fourth-order valence-electron chi connectivity index (χ4n) is 1.08. The maximum absolute atomic E-state index is 10.9. The molecule has 0 amide bonds. The second kappa shape index (κ2) is 3.45. The number of sulfonamides is 1. The Labute approximate surface area is 77.1 Å². The summed E-state index contributed by atoms with van der Waals surface area (Å²) in [5.74, 6) is 0. The van der Waals surface area contributed by atoms with Crippen molar-refractivity contribution in [1.82, 2.24) is 0 Å². The van der Waals surface area contributed by atoms with E-state index < -0.39 is 10.0 Å². The highest BCUT2D eigenvalue weighted by molar-refractivity contribution is 7.89. The van der Waals surface area contributed by atoms with Gasteiger partial charge in [-0.05, 0) is 30.2 Å². The largest absolute Gasteiger partial charge is 0.392 e. The summed E-state index contributed by atoms with van der Waals surface area (Å²) in [6, 6.07) is 4.53. The number of aliphatic hydroxyl groups is 1. The summed E-state index contributed by atoms with van der Waals surface area (Å²) in [5.41, 5.74) is 1.31. The van der Waals surface area contributed by atoms with Gasteiger partial charge in [-0.3, -0.25) is 0 Å². The molecule has 0 saturated carbocycles. The summed E-state index contributed by atoms with van der Waals surface area (Å²) in [4.78, 5) is 0.0385. The Kier molecular flexibility index (Phi) is 2.70. The van der Waals surface area contributed by atoms with Crippen molar-refractivity contribution >= 4 is 10.0 Å². The fraction of sp³-hybridized carbons (Fsp3) is 0.250. The molecule has 0 aliphatic heterocycles. The quantitative estimate of drug-likeness (QED) is 0.714. The Morgan fingerprint density at radius 2 is 2.00 bits per heavy atom. The third kappa shape index (κ3) is 2.51. The Morgan fingerprint density at radius 3 is 2.46 bits per heavy atom. The smallest absolute Gasteiger partial charge is 0.238 e. The van der Waals surface area contributed by atoms with E-state index in [1.165, 1.54) is 12.1 Å². The molecular formula is C8H11NO3S. The minimum Gasteiger partial charge on any atom is -0.392 e. The van der Waals surface area contributed by atoms with Crippen LogP contribution in [0.3, 0.4) is 0 Å². The number of hydrogen-bond donors (Lipinski definition) is 2. The minimum absolute atomic E-state index is 0.0385. The van der Waals surface area contributed by atoms with Crippen molar-refractivity contribution in [2.75, 3.05) is 0 Å². The molecule has 0 aromatic heterocycles. The van der Waals surface area contributed by atoms with Gasteiger partial charge in [0.2, 0.25) is 10.0 Å². The molecule has 0 fully saturated rings. The lowest BCUT2D eigenvalue weighted by molar-refractivity contribution is 0.281. The van der Waals surface area contributed by atoms with E-state index in [4.69, 9.17) is 10.2 Å². The molecule has 1 aromatic carbocycles. The molecule has 13 heavy (non-hydrogen) atoms. The Bertz CT molecular complexity index is 411.